The van der Waals surface area contributed by atoms with Crippen LogP contribution in [0.25, 0.3) is 0 Å². The summed E-state index contributed by atoms with van der Waals surface area (Å²) in [7, 11) is 0. The van der Waals surface area contributed by atoms with Crippen molar-refractivity contribution in [1.82, 2.24) is 0 Å². The summed E-state index contributed by atoms with van der Waals surface area (Å²) in [5.41, 5.74) is 0. The molecule has 12 nitrogen and oxygen atoms in total. The Kier molecular flexibility index (Phi) is 50.1. The molecule has 0 amide bonds. The van der Waals surface area contributed by atoms with Crippen molar-refractivity contribution < 1.29 is 58.2 Å². The van der Waals surface area contributed by atoms with Gasteiger partial charge < -0.3 is 39.0 Å². The molecule has 1 heterocycles. The highest BCUT2D eigenvalue weighted by molar-refractivity contribution is 5.74. The summed E-state index contributed by atoms with van der Waals surface area (Å²) in [5.74, 6) is -3.29. The molecular weight excluding hydrogens is 1020 g/mol. The molecule has 0 aromatic rings. The van der Waals surface area contributed by atoms with Crippen molar-refractivity contribution in [1.29, 1.82) is 0 Å². The van der Waals surface area contributed by atoms with Crippen LogP contribution in [0.2, 0.25) is 0 Å². The Labute approximate surface area is 489 Å². The molecule has 1 aliphatic rings. The highest BCUT2D eigenvalue weighted by Crippen LogP contribution is 2.26. The van der Waals surface area contributed by atoms with Gasteiger partial charge in [0.2, 0.25) is 0 Å². The Bertz CT molecular complexity index is 1960. The molecule has 12 heteroatoms. The van der Waals surface area contributed by atoms with Crippen LogP contribution in [0.15, 0.2) is 146 Å². The van der Waals surface area contributed by atoms with Crippen LogP contribution in [0, 0.1) is 0 Å². The second kappa shape index (κ2) is 55.2. The zero-order chi connectivity index (χ0) is 58.9. The molecule has 0 spiro atoms. The van der Waals surface area contributed by atoms with Crippen LogP contribution in [0.4, 0.5) is 0 Å². The van der Waals surface area contributed by atoms with Gasteiger partial charge >= 0.3 is 23.9 Å². The van der Waals surface area contributed by atoms with Crippen LogP contribution in [0.3, 0.4) is 0 Å². The summed E-state index contributed by atoms with van der Waals surface area (Å²) in [4.78, 5) is 51.2. The lowest BCUT2D eigenvalue weighted by Gasteiger charge is -2.40. The maximum absolute atomic E-state index is 13.2. The predicted octanol–water partition coefficient (Wildman–Crippen LogP) is 16.3. The highest BCUT2D eigenvalue weighted by Gasteiger charge is 2.50. The second-order valence-corrected chi connectivity index (χ2v) is 20.2. The number of aliphatic hydroxyl groups excluding tert-OH is 2. The van der Waals surface area contributed by atoms with Crippen molar-refractivity contribution >= 4 is 23.9 Å². The van der Waals surface area contributed by atoms with E-state index in [0.717, 1.165) is 154 Å². The smallest absolute Gasteiger partial charge is 0.335 e. The number of aliphatic carboxylic acids is 1. The molecular formula is C69H106O12. The maximum Gasteiger partial charge on any atom is 0.335 e. The number of ether oxygens (including phenoxy) is 5. The topological polar surface area (TPSA) is 175 Å². The first-order valence-corrected chi connectivity index (χ1v) is 30.8. The Balaban J connectivity index is 2.75. The van der Waals surface area contributed by atoms with Gasteiger partial charge in [0.25, 0.3) is 0 Å². The minimum Gasteiger partial charge on any atom is -0.479 e. The Morgan fingerprint density at radius 3 is 1.23 bits per heavy atom. The van der Waals surface area contributed by atoms with Crippen molar-refractivity contribution in [3.05, 3.63) is 146 Å². The van der Waals surface area contributed by atoms with E-state index in [1.165, 1.54) is 0 Å². The number of allylic oxidation sites excluding steroid dienone is 24. The second-order valence-electron chi connectivity index (χ2n) is 20.2. The molecule has 6 unspecified atom stereocenters. The lowest BCUT2D eigenvalue weighted by Crippen LogP contribution is -2.61. The fourth-order valence-electron chi connectivity index (χ4n) is 8.24. The number of esters is 3. The van der Waals surface area contributed by atoms with Crippen LogP contribution >= 0.6 is 0 Å². The first-order valence-electron chi connectivity index (χ1n) is 30.8. The number of hydrogen-bond donors (Lipinski definition) is 3. The van der Waals surface area contributed by atoms with Crippen LogP contribution in [-0.2, 0) is 42.9 Å². The van der Waals surface area contributed by atoms with Crippen LogP contribution in [0.5, 0.6) is 0 Å². The largest absolute Gasteiger partial charge is 0.479 e. The monoisotopic (exact) mass is 1130 g/mol. The van der Waals surface area contributed by atoms with Gasteiger partial charge in [-0.05, 0) is 122 Å². The fraction of sp³-hybridized carbons (Fsp3) is 0.594. The first-order chi connectivity index (χ1) is 39.6. The number of carbonyl (C=O) groups is 4. The zero-order valence-electron chi connectivity index (χ0n) is 50.0. The molecule has 3 N–H and O–H groups in total. The third kappa shape index (κ3) is 44.9. The van der Waals surface area contributed by atoms with Crippen molar-refractivity contribution in [2.45, 2.75) is 250 Å². The lowest BCUT2D eigenvalue weighted by molar-refractivity contribution is -0.301. The molecule has 81 heavy (non-hydrogen) atoms. The molecule has 0 radical (unpaired) electrons. The quantitative estimate of drug-likeness (QED) is 0.0228. The van der Waals surface area contributed by atoms with Crippen LogP contribution < -0.4 is 0 Å². The number of carboxylic acids is 1. The van der Waals surface area contributed by atoms with Gasteiger partial charge in [-0.15, -0.1) is 0 Å². The third-order valence-electron chi connectivity index (χ3n) is 12.9. The standard InChI is InChI=1S/C69H106O12/c1-4-7-10-13-16-19-22-25-27-29-31-33-35-38-40-43-46-49-52-55-61(70)77-58-60(79-62(71)56-53-50-47-44-42-39-36-34-32-30-28-26-23-20-17-14-11-8-5-2)59-78-69-67(65(74)64(73)66(81-69)68(75)76)80-63(72)57-54-51-48-45-41-37-24-21-18-15-12-9-6-3/h7-8,10-12,15-17,19-21,24-28,31-34,38,40,46,49,60,64-67,69,73-74H,4-6,9,13-14,18,22-23,29-30,35-37,39,41-45,47-48,50-59H2,1-3H3,(H,75,76)/b10-7-,11-8-,15-12-,19-16-,20-17-,24-21-,27-25-,28-26-,33-31-,34-32-,40-38-,49-46-. The molecule has 454 valence electrons. The zero-order valence-corrected chi connectivity index (χ0v) is 50.0. The van der Waals surface area contributed by atoms with Crippen molar-refractivity contribution in [3.8, 4) is 0 Å². The molecule has 0 bridgehead atoms. The summed E-state index contributed by atoms with van der Waals surface area (Å²) in [6.07, 6.45) is 66.8. The van der Waals surface area contributed by atoms with E-state index in [4.69, 9.17) is 23.7 Å². The van der Waals surface area contributed by atoms with Crippen molar-refractivity contribution in [2.24, 2.45) is 0 Å². The van der Waals surface area contributed by atoms with Crippen molar-refractivity contribution in [3.63, 3.8) is 0 Å². The van der Waals surface area contributed by atoms with E-state index >= 15 is 0 Å². The average molecular weight is 1130 g/mol. The molecule has 0 saturated carbocycles. The van der Waals surface area contributed by atoms with Gasteiger partial charge in [-0.25, -0.2) is 4.79 Å². The summed E-state index contributed by atoms with van der Waals surface area (Å²) in [5, 5.41) is 31.5. The fourth-order valence-corrected chi connectivity index (χ4v) is 8.24. The normalized spacial score (nSPS) is 18.8. The number of carbonyl (C=O) groups excluding carboxylic acids is 3. The number of unbranched alkanes of at least 4 members (excludes halogenated alkanes) is 12. The lowest BCUT2D eigenvalue weighted by atomic mass is 9.98. The predicted molar refractivity (Wildman–Crippen MR) is 330 cm³/mol. The van der Waals surface area contributed by atoms with Crippen LogP contribution in [0.1, 0.15) is 213 Å². The Morgan fingerprint density at radius 1 is 0.420 bits per heavy atom. The van der Waals surface area contributed by atoms with Gasteiger partial charge in [0, 0.05) is 19.3 Å². The molecule has 0 aliphatic carbocycles. The van der Waals surface area contributed by atoms with Gasteiger partial charge in [0.15, 0.2) is 24.6 Å². The van der Waals surface area contributed by atoms with Gasteiger partial charge in [0.05, 0.1) is 6.61 Å². The van der Waals surface area contributed by atoms with Gasteiger partial charge in [-0.2, -0.15) is 0 Å². The minimum absolute atomic E-state index is 0.0270. The number of carboxylic acid groups (broad SMARTS) is 1. The molecule has 0 aromatic carbocycles. The summed E-state index contributed by atoms with van der Waals surface area (Å²) >= 11 is 0. The van der Waals surface area contributed by atoms with E-state index in [0.29, 0.717) is 19.3 Å². The average Bonchev–Trinajstić information content (AvgIpc) is 3.46. The van der Waals surface area contributed by atoms with E-state index in [9.17, 15) is 34.5 Å². The van der Waals surface area contributed by atoms with Crippen LogP contribution in [-0.4, -0.2) is 89.2 Å². The third-order valence-corrected chi connectivity index (χ3v) is 12.9. The summed E-state index contributed by atoms with van der Waals surface area (Å²) < 4.78 is 28.4. The maximum atomic E-state index is 13.2. The van der Waals surface area contributed by atoms with Crippen molar-refractivity contribution in [2.75, 3.05) is 13.2 Å². The van der Waals surface area contributed by atoms with Gasteiger partial charge in [-0.1, -0.05) is 218 Å². The van der Waals surface area contributed by atoms with E-state index < -0.39 is 67.3 Å². The number of aliphatic hydroxyl groups is 2. The molecule has 1 fully saturated rings. The van der Waals surface area contributed by atoms with Gasteiger partial charge in [-0.3, -0.25) is 14.4 Å². The minimum atomic E-state index is -1.93. The molecule has 6 atom stereocenters. The van der Waals surface area contributed by atoms with E-state index in [-0.39, 0.29) is 25.9 Å². The SMILES string of the molecule is CC/C=C\C/C=C\C/C=C\C/C=C\C/C=C\C/C=C\CCC(=O)OCC(COC1OC(C(=O)O)C(O)C(O)C1OC(=O)CCCCCCC/C=C\C/C=C\CCC)OC(=O)CCCCCCCC/C=C\C/C=C\C/C=C\C/C=C\CC. The molecule has 1 aliphatic heterocycles. The summed E-state index contributed by atoms with van der Waals surface area (Å²) in [6.45, 7) is 5.60. The molecule has 1 saturated heterocycles. The highest BCUT2D eigenvalue weighted by atomic mass is 16.7. The molecule has 1 rings (SSSR count). The van der Waals surface area contributed by atoms with E-state index in [1.54, 1.807) is 0 Å². The Morgan fingerprint density at radius 2 is 0.802 bits per heavy atom. The Hall–Kier alpha value is -5.40. The number of rotatable bonds is 50. The first kappa shape index (κ1) is 73.6. The molecule has 0 aromatic heterocycles. The van der Waals surface area contributed by atoms with Gasteiger partial charge in [0.1, 0.15) is 18.8 Å². The van der Waals surface area contributed by atoms with E-state index in [1.807, 2.05) is 12.2 Å². The summed E-state index contributed by atoms with van der Waals surface area (Å²) in [6, 6.07) is 0. The number of hydrogen-bond acceptors (Lipinski definition) is 11. The van der Waals surface area contributed by atoms with E-state index in [2.05, 4.69) is 154 Å².